The molecule has 1 N–H and O–H groups in total. The molecule has 3 nitrogen and oxygen atoms in total. The molecule has 0 unspecified atom stereocenters. The highest BCUT2D eigenvalue weighted by atomic mass is 32.2. The van der Waals surface area contributed by atoms with Crippen molar-refractivity contribution in [2.75, 3.05) is 11.5 Å². The number of hydrogen-bond donors (Lipinski definition) is 1. The lowest BCUT2D eigenvalue weighted by Crippen LogP contribution is -2.11. The van der Waals surface area contributed by atoms with E-state index < -0.39 is 11.8 Å². The van der Waals surface area contributed by atoms with Crippen LogP contribution in [0.2, 0.25) is 0 Å². The second kappa shape index (κ2) is 6.63. The number of ketones is 1. The monoisotopic (exact) mass is 292 g/mol. The zero-order chi connectivity index (χ0) is 13.7. The number of aliphatic carboxylic acids is 1. The van der Waals surface area contributed by atoms with Gasteiger partial charge in [-0.1, -0.05) is 36.4 Å². The van der Waals surface area contributed by atoms with Crippen LogP contribution in [-0.4, -0.2) is 28.4 Å². The van der Waals surface area contributed by atoms with E-state index in [-0.39, 0.29) is 5.57 Å². The molecule has 1 saturated heterocycles. The van der Waals surface area contributed by atoms with Crippen LogP contribution in [0.3, 0.4) is 0 Å². The highest BCUT2D eigenvalue weighted by molar-refractivity contribution is 8.25. The smallest absolute Gasteiger partial charge is 0.341 e. The van der Waals surface area contributed by atoms with Crippen LogP contribution in [0.25, 0.3) is 6.08 Å². The van der Waals surface area contributed by atoms with Crippen LogP contribution in [0.5, 0.6) is 0 Å². The molecule has 0 aromatic heterocycles. The van der Waals surface area contributed by atoms with Crippen LogP contribution < -0.4 is 0 Å². The van der Waals surface area contributed by atoms with Crippen LogP contribution in [0.15, 0.2) is 46.2 Å². The zero-order valence-corrected chi connectivity index (χ0v) is 11.7. The molecule has 1 heterocycles. The molecule has 0 atom stereocenters. The minimum atomic E-state index is -1.15. The molecule has 0 spiro atoms. The first kappa shape index (κ1) is 14.0. The number of allylic oxidation sites excluding steroid dienone is 1. The molecule has 0 amide bonds. The Hall–Kier alpha value is -1.46. The van der Waals surface area contributed by atoms with Crippen LogP contribution in [0, 0.1) is 0 Å². The van der Waals surface area contributed by atoms with Crippen molar-refractivity contribution in [2.24, 2.45) is 0 Å². The van der Waals surface area contributed by atoms with Gasteiger partial charge in [-0.05, 0) is 11.6 Å². The number of carbonyl (C=O) groups excluding carboxylic acids is 1. The summed E-state index contributed by atoms with van der Waals surface area (Å²) >= 11 is 2.87. The van der Waals surface area contributed by atoms with E-state index in [0.29, 0.717) is 4.24 Å². The van der Waals surface area contributed by atoms with Gasteiger partial charge in [-0.3, -0.25) is 4.79 Å². The highest BCUT2D eigenvalue weighted by Gasteiger charge is 2.24. The van der Waals surface area contributed by atoms with Gasteiger partial charge in [0, 0.05) is 11.5 Å². The first-order chi connectivity index (χ1) is 9.18. The van der Waals surface area contributed by atoms with Gasteiger partial charge in [0.25, 0.3) is 0 Å². The van der Waals surface area contributed by atoms with Gasteiger partial charge in [0.15, 0.2) is 5.78 Å². The molecule has 1 aromatic rings. The summed E-state index contributed by atoms with van der Waals surface area (Å²) in [4.78, 5) is 23.2. The number of carbonyl (C=O) groups is 2. The van der Waals surface area contributed by atoms with Gasteiger partial charge in [-0.2, -0.15) is 0 Å². The van der Waals surface area contributed by atoms with Gasteiger partial charge in [0.05, 0.1) is 4.24 Å². The molecule has 1 aromatic carbocycles. The zero-order valence-electron chi connectivity index (χ0n) is 10.0. The minimum Gasteiger partial charge on any atom is -0.477 e. The van der Waals surface area contributed by atoms with Gasteiger partial charge in [-0.25, -0.2) is 4.79 Å². The van der Waals surface area contributed by atoms with Crippen LogP contribution in [-0.2, 0) is 9.59 Å². The number of hydrogen-bond acceptors (Lipinski definition) is 4. The fourth-order valence-electron chi connectivity index (χ4n) is 1.57. The van der Waals surface area contributed by atoms with Crippen molar-refractivity contribution >= 4 is 41.4 Å². The van der Waals surface area contributed by atoms with Gasteiger partial charge < -0.3 is 5.11 Å². The Labute approximate surface area is 119 Å². The predicted octanol–water partition coefficient (Wildman–Crippen LogP) is 3.05. The first-order valence-corrected chi connectivity index (χ1v) is 7.66. The second-order valence-electron chi connectivity index (χ2n) is 3.77. The summed E-state index contributed by atoms with van der Waals surface area (Å²) in [6.45, 7) is 0. The average molecular weight is 292 g/mol. The van der Waals surface area contributed by atoms with Gasteiger partial charge in [0.2, 0.25) is 0 Å². The molecular formula is C14H12O3S2. The molecule has 1 aliphatic rings. The summed E-state index contributed by atoms with van der Waals surface area (Å²) < 4.78 is 0.621. The summed E-state index contributed by atoms with van der Waals surface area (Å²) in [6, 6.07) is 9.33. The topological polar surface area (TPSA) is 54.4 Å². The lowest BCUT2D eigenvalue weighted by molar-refractivity contribution is -0.134. The van der Waals surface area contributed by atoms with Gasteiger partial charge in [0.1, 0.15) is 5.57 Å². The predicted molar refractivity (Wildman–Crippen MR) is 80.1 cm³/mol. The number of thioether (sulfide) groups is 2. The van der Waals surface area contributed by atoms with Crippen molar-refractivity contribution in [1.29, 1.82) is 0 Å². The maximum Gasteiger partial charge on any atom is 0.341 e. The third-order valence-corrected chi connectivity index (χ3v) is 5.16. The highest BCUT2D eigenvalue weighted by Crippen LogP contribution is 2.39. The Bertz CT molecular complexity index is 539. The molecule has 19 heavy (non-hydrogen) atoms. The molecule has 1 fully saturated rings. The average Bonchev–Trinajstić information content (AvgIpc) is 2.91. The molecule has 5 heteroatoms. The summed E-state index contributed by atoms with van der Waals surface area (Å²) in [7, 11) is 0. The van der Waals surface area contributed by atoms with Crippen molar-refractivity contribution < 1.29 is 14.7 Å². The molecule has 0 aliphatic carbocycles. The van der Waals surface area contributed by atoms with Crippen molar-refractivity contribution in [3.8, 4) is 0 Å². The SMILES string of the molecule is O=C(O)C(C(=O)/C=C/c1ccccc1)=C1SCCS1. The van der Waals surface area contributed by atoms with E-state index in [4.69, 9.17) is 5.11 Å². The summed E-state index contributed by atoms with van der Waals surface area (Å²) in [5.41, 5.74) is 0.761. The largest absolute Gasteiger partial charge is 0.477 e. The Balaban J connectivity index is 2.20. The Morgan fingerprint density at radius 1 is 1.11 bits per heavy atom. The Kier molecular flexibility index (Phi) is 4.87. The summed E-state index contributed by atoms with van der Waals surface area (Å²) in [5, 5.41) is 9.16. The van der Waals surface area contributed by atoms with Crippen LogP contribution in [0.4, 0.5) is 0 Å². The standard InChI is InChI=1S/C14H12O3S2/c15-11(7-6-10-4-2-1-3-5-10)12(13(16)17)14-18-8-9-19-14/h1-7H,8-9H2,(H,16,17)/b7-6+. The van der Waals surface area contributed by atoms with Crippen molar-refractivity contribution in [2.45, 2.75) is 0 Å². The van der Waals surface area contributed by atoms with E-state index in [1.165, 1.54) is 29.6 Å². The quantitative estimate of drug-likeness (QED) is 0.525. The lowest BCUT2D eigenvalue weighted by Gasteiger charge is -2.01. The number of carboxylic acid groups (broad SMARTS) is 1. The fraction of sp³-hybridized carbons (Fsp3) is 0.143. The molecule has 2 rings (SSSR count). The third kappa shape index (κ3) is 3.75. The van der Waals surface area contributed by atoms with E-state index in [1.807, 2.05) is 30.3 Å². The Morgan fingerprint density at radius 2 is 1.74 bits per heavy atom. The van der Waals surface area contributed by atoms with E-state index in [1.54, 1.807) is 6.08 Å². The van der Waals surface area contributed by atoms with E-state index in [9.17, 15) is 9.59 Å². The Morgan fingerprint density at radius 3 is 2.32 bits per heavy atom. The summed E-state index contributed by atoms with van der Waals surface area (Å²) in [5.74, 6) is 0.103. The third-order valence-electron chi connectivity index (χ3n) is 2.44. The fourth-order valence-corrected chi connectivity index (χ4v) is 4.10. The molecular weight excluding hydrogens is 280 g/mol. The number of carboxylic acids is 1. The van der Waals surface area contributed by atoms with Crippen LogP contribution in [0.1, 0.15) is 5.56 Å². The minimum absolute atomic E-state index is 0.111. The van der Waals surface area contributed by atoms with Crippen LogP contribution >= 0.6 is 23.5 Å². The molecule has 98 valence electrons. The molecule has 1 aliphatic heterocycles. The number of benzene rings is 1. The van der Waals surface area contributed by atoms with Gasteiger partial charge in [-0.15, -0.1) is 23.5 Å². The van der Waals surface area contributed by atoms with E-state index in [2.05, 4.69) is 0 Å². The van der Waals surface area contributed by atoms with E-state index in [0.717, 1.165) is 17.1 Å². The second-order valence-corrected chi connectivity index (χ2v) is 6.24. The maximum atomic E-state index is 12.0. The van der Waals surface area contributed by atoms with Crippen molar-refractivity contribution in [1.82, 2.24) is 0 Å². The lowest BCUT2D eigenvalue weighted by atomic mass is 10.1. The van der Waals surface area contributed by atoms with Crippen molar-refractivity contribution in [3.05, 3.63) is 51.8 Å². The number of rotatable bonds is 4. The van der Waals surface area contributed by atoms with Crippen molar-refractivity contribution in [3.63, 3.8) is 0 Å². The maximum absolute atomic E-state index is 12.0. The molecule has 0 saturated carbocycles. The van der Waals surface area contributed by atoms with E-state index >= 15 is 0 Å². The summed E-state index contributed by atoms with van der Waals surface area (Å²) in [6.07, 6.45) is 2.96. The first-order valence-electron chi connectivity index (χ1n) is 5.69. The molecule has 0 bridgehead atoms. The van der Waals surface area contributed by atoms with Gasteiger partial charge >= 0.3 is 5.97 Å². The molecule has 0 radical (unpaired) electrons. The normalized spacial score (nSPS) is 14.8.